The highest BCUT2D eigenvalue weighted by Crippen LogP contribution is 2.44. The van der Waals surface area contributed by atoms with Gasteiger partial charge < -0.3 is 28.8 Å². The van der Waals surface area contributed by atoms with E-state index >= 15 is 0 Å². The lowest BCUT2D eigenvalue weighted by Gasteiger charge is -2.30. The number of hydrogen-bond donors (Lipinski definition) is 1. The highest BCUT2D eigenvalue weighted by molar-refractivity contribution is 5.02. The Morgan fingerprint density at radius 1 is 1.00 bits per heavy atom. The van der Waals surface area contributed by atoms with Crippen LogP contribution in [0.4, 0.5) is 0 Å². The van der Waals surface area contributed by atoms with Crippen LogP contribution in [-0.2, 0) is 28.8 Å². The average Bonchev–Trinajstić information content (AvgIpc) is 2.80. The van der Waals surface area contributed by atoms with E-state index in [1.54, 1.807) is 27.7 Å². The first kappa shape index (κ1) is 13.7. The summed E-state index contributed by atoms with van der Waals surface area (Å²) in [5.74, 6) is -4.15. The molecule has 19 heavy (non-hydrogen) atoms. The summed E-state index contributed by atoms with van der Waals surface area (Å²) in [6.07, 6.45) is -3.67. The van der Waals surface area contributed by atoms with Gasteiger partial charge in [0.15, 0.2) is 24.0 Å². The molecule has 7 heteroatoms. The molecular formula is C12H19O7. The smallest absolute Gasteiger partial charge is 0.260 e. The van der Waals surface area contributed by atoms with Gasteiger partial charge in [0, 0.05) is 0 Å². The summed E-state index contributed by atoms with van der Waals surface area (Å²) in [5.41, 5.74) is 0. The van der Waals surface area contributed by atoms with Crippen molar-refractivity contribution in [3.63, 3.8) is 0 Å². The van der Waals surface area contributed by atoms with Crippen LogP contribution >= 0.6 is 0 Å². The Bertz CT molecular complexity index is 378. The van der Waals surface area contributed by atoms with E-state index in [-0.39, 0.29) is 6.61 Å². The van der Waals surface area contributed by atoms with Gasteiger partial charge in [0.2, 0.25) is 0 Å². The molecule has 0 aromatic rings. The topological polar surface area (TPSA) is 86.3 Å². The van der Waals surface area contributed by atoms with Gasteiger partial charge in [0.25, 0.3) is 5.79 Å². The van der Waals surface area contributed by atoms with Crippen molar-refractivity contribution < 1.29 is 33.9 Å². The Labute approximate surface area is 111 Å². The molecule has 1 N–H and O–H groups in total. The van der Waals surface area contributed by atoms with E-state index in [9.17, 15) is 10.2 Å². The van der Waals surface area contributed by atoms with Gasteiger partial charge in [-0.15, -0.1) is 0 Å². The van der Waals surface area contributed by atoms with E-state index in [1.165, 1.54) is 0 Å². The zero-order valence-corrected chi connectivity index (χ0v) is 11.4. The summed E-state index contributed by atoms with van der Waals surface area (Å²) in [6.45, 7) is 6.99. The van der Waals surface area contributed by atoms with E-state index < -0.39 is 42.0 Å². The van der Waals surface area contributed by atoms with Crippen LogP contribution in [-0.4, -0.2) is 53.7 Å². The summed E-state index contributed by atoms with van der Waals surface area (Å²) in [6, 6.07) is 0. The van der Waals surface area contributed by atoms with Gasteiger partial charge >= 0.3 is 0 Å². The minimum Gasteiger partial charge on any atom is -0.359 e. The number of rotatable bonds is 1. The van der Waals surface area contributed by atoms with Crippen LogP contribution in [0.15, 0.2) is 0 Å². The molecule has 0 bridgehead atoms. The third-order valence-electron chi connectivity index (χ3n) is 3.52. The highest BCUT2D eigenvalue weighted by atomic mass is 16.9. The highest BCUT2D eigenvalue weighted by Gasteiger charge is 2.67. The Kier molecular flexibility index (Phi) is 2.80. The molecular weight excluding hydrogens is 256 g/mol. The molecule has 3 aliphatic rings. The fourth-order valence-electron chi connectivity index (χ4n) is 2.73. The van der Waals surface area contributed by atoms with Crippen LogP contribution in [0.25, 0.3) is 0 Å². The Morgan fingerprint density at radius 2 is 1.68 bits per heavy atom. The van der Waals surface area contributed by atoms with Crippen molar-refractivity contribution in [3.05, 3.63) is 0 Å². The molecule has 0 aromatic heterocycles. The summed E-state index contributed by atoms with van der Waals surface area (Å²) in [5, 5.41) is 22.6. The van der Waals surface area contributed by atoms with Crippen molar-refractivity contribution in [1.29, 1.82) is 0 Å². The lowest BCUT2D eigenvalue weighted by Crippen LogP contribution is -2.53. The standard InChI is InChI=1S/C12H19O7/c1-10(2)15-5-6(17-10)7-12(13,14)8-9(16-7)19-11(3,4)18-8/h6-9,13H,5H2,1-4H3/t6-,7-,8+,9?,12-/m1/s1. The minimum absolute atomic E-state index is 0.186. The molecule has 5 atom stereocenters. The zero-order valence-electron chi connectivity index (χ0n) is 11.4. The van der Waals surface area contributed by atoms with Crippen molar-refractivity contribution in [2.75, 3.05) is 6.61 Å². The molecule has 0 aliphatic carbocycles. The first-order valence-electron chi connectivity index (χ1n) is 6.36. The molecule has 7 nitrogen and oxygen atoms in total. The summed E-state index contributed by atoms with van der Waals surface area (Å²) in [7, 11) is 0. The molecule has 1 unspecified atom stereocenters. The number of aliphatic hydroxyl groups is 1. The largest absolute Gasteiger partial charge is 0.359 e. The van der Waals surface area contributed by atoms with E-state index in [1.807, 2.05) is 0 Å². The van der Waals surface area contributed by atoms with Crippen molar-refractivity contribution in [1.82, 2.24) is 0 Å². The zero-order chi connectivity index (χ0) is 14.1. The molecule has 3 rings (SSSR count). The quantitative estimate of drug-likeness (QED) is 0.685. The van der Waals surface area contributed by atoms with Gasteiger partial charge in [0.05, 0.1) is 6.61 Å². The lowest BCUT2D eigenvalue weighted by atomic mass is 10.0. The van der Waals surface area contributed by atoms with Crippen molar-refractivity contribution in [2.45, 2.75) is 69.7 Å². The van der Waals surface area contributed by atoms with Crippen molar-refractivity contribution in [3.8, 4) is 0 Å². The molecule has 3 saturated heterocycles. The van der Waals surface area contributed by atoms with Crippen LogP contribution in [0.3, 0.4) is 0 Å². The Hall–Kier alpha value is -0.280. The third-order valence-corrected chi connectivity index (χ3v) is 3.52. The van der Waals surface area contributed by atoms with Crippen LogP contribution in [0.1, 0.15) is 27.7 Å². The van der Waals surface area contributed by atoms with Crippen LogP contribution < -0.4 is 0 Å². The summed E-state index contributed by atoms with van der Waals surface area (Å²) < 4.78 is 27.3. The maximum atomic E-state index is 12.4. The second-order valence-corrected chi connectivity index (χ2v) is 6.10. The molecule has 1 radical (unpaired) electrons. The molecule has 0 amide bonds. The maximum absolute atomic E-state index is 12.4. The SMILES string of the molecule is CC1(C)OC[C@H]([C@H]2OC3OC(C)(C)O[C@@H]3[C@@]2([O])O)O1. The van der Waals surface area contributed by atoms with E-state index in [0.29, 0.717) is 0 Å². The minimum atomic E-state index is -2.42. The second kappa shape index (κ2) is 3.88. The Balaban J connectivity index is 1.77. The van der Waals surface area contributed by atoms with Gasteiger partial charge in [-0.2, -0.15) is 5.11 Å². The first-order chi connectivity index (χ1) is 8.61. The van der Waals surface area contributed by atoms with Crippen LogP contribution in [0.2, 0.25) is 0 Å². The van der Waals surface area contributed by atoms with Gasteiger partial charge in [-0.3, -0.25) is 0 Å². The summed E-state index contributed by atoms with van der Waals surface area (Å²) in [4.78, 5) is 0. The molecule has 3 fully saturated rings. The van der Waals surface area contributed by atoms with Gasteiger partial charge in [0.1, 0.15) is 12.2 Å². The average molecular weight is 275 g/mol. The number of hydrogen-bond acceptors (Lipinski definition) is 6. The van der Waals surface area contributed by atoms with Crippen LogP contribution in [0.5, 0.6) is 0 Å². The summed E-state index contributed by atoms with van der Waals surface area (Å²) >= 11 is 0. The molecule has 0 spiro atoms. The molecule has 109 valence electrons. The fraction of sp³-hybridized carbons (Fsp3) is 1.00. The normalized spacial score (nSPS) is 46.4. The van der Waals surface area contributed by atoms with Gasteiger partial charge in [-0.1, -0.05) is 0 Å². The monoisotopic (exact) mass is 275 g/mol. The maximum Gasteiger partial charge on any atom is 0.260 e. The van der Waals surface area contributed by atoms with Gasteiger partial charge in [-0.05, 0) is 27.7 Å². The predicted molar refractivity (Wildman–Crippen MR) is 59.2 cm³/mol. The molecule has 0 aromatic carbocycles. The lowest BCUT2D eigenvalue weighted by molar-refractivity contribution is -0.317. The third kappa shape index (κ3) is 2.19. The van der Waals surface area contributed by atoms with Gasteiger partial charge in [-0.25, -0.2) is 0 Å². The van der Waals surface area contributed by atoms with Crippen LogP contribution in [0, 0.1) is 0 Å². The second-order valence-electron chi connectivity index (χ2n) is 6.10. The van der Waals surface area contributed by atoms with E-state index in [2.05, 4.69) is 0 Å². The number of ether oxygens (including phenoxy) is 5. The molecule has 3 aliphatic heterocycles. The number of fused-ring (bicyclic) bond motifs is 1. The van der Waals surface area contributed by atoms with Crippen molar-refractivity contribution >= 4 is 0 Å². The van der Waals surface area contributed by atoms with E-state index in [4.69, 9.17) is 23.7 Å². The van der Waals surface area contributed by atoms with E-state index in [0.717, 1.165) is 0 Å². The van der Waals surface area contributed by atoms with Crippen molar-refractivity contribution in [2.24, 2.45) is 0 Å². The molecule has 3 heterocycles. The fourth-order valence-corrected chi connectivity index (χ4v) is 2.73. The molecule has 0 saturated carbocycles. The first-order valence-corrected chi connectivity index (χ1v) is 6.36. The Morgan fingerprint density at radius 3 is 2.21 bits per heavy atom. The predicted octanol–water partition coefficient (Wildman–Crippen LogP) is 0.133.